The number of nitrogens with zero attached hydrogens (tertiary/aromatic N) is 1. The molecule has 0 aliphatic heterocycles. The van der Waals surface area contributed by atoms with Gasteiger partial charge in [-0.25, -0.2) is 0 Å². The van der Waals surface area contributed by atoms with Gasteiger partial charge in [-0.05, 0) is 24.6 Å². The van der Waals surface area contributed by atoms with E-state index in [1.807, 2.05) is 6.92 Å². The van der Waals surface area contributed by atoms with E-state index in [0.29, 0.717) is 17.1 Å². The number of aromatic nitrogens is 1. The Hall–Kier alpha value is -1.63. The number of aliphatic hydroxyl groups excluding tert-OH is 1. The zero-order chi connectivity index (χ0) is 16.1. The Morgan fingerprint density at radius 2 is 2.27 bits per heavy atom. The van der Waals surface area contributed by atoms with Crippen LogP contribution in [0.15, 0.2) is 34.4 Å². The first kappa shape index (κ1) is 16.7. The van der Waals surface area contributed by atoms with Crippen molar-refractivity contribution >= 4 is 28.8 Å². The standard InChI is InChI=1S/C15H17ClN2O3S/c1-10-9-22-15(21)18(10)6-5-14(20)17-8-13(19)11-3-2-4-12(16)7-11/h2-4,7,9,13,19H,5-6,8H2,1H3,(H,17,20)/t13-/m0/s1. The monoisotopic (exact) mass is 340 g/mol. The Morgan fingerprint density at radius 3 is 2.91 bits per heavy atom. The smallest absolute Gasteiger partial charge is 0.307 e. The number of thiazole rings is 1. The van der Waals surface area contributed by atoms with E-state index >= 15 is 0 Å². The molecule has 0 unspecified atom stereocenters. The highest BCUT2D eigenvalue weighted by atomic mass is 35.5. The van der Waals surface area contributed by atoms with Gasteiger partial charge in [0.1, 0.15) is 0 Å². The summed E-state index contributed by atoms with van der Waals surface area (Å²) in [5.74, 6) is -0.210. The van der Waals surface area contributed by atoms with Crippen molar-refractivity contribution in [3.63, 3.8) is 0 Å². The van der Waals surface area contributed by atoms with Crippen molar-refractivity contribution in [2.75, 3.05) is 6.54 Å². The number of carbonyl (C=O) groups excluding carboxylic acids is 1. The molecule has 0 radical (unpaired) electrons. The van der Waals surface area contributed by atoms with Gasteiger partial charge in [-0.15, -0.1) is 0 Å². The second-order valence-electron chi connectivity index (χ2n) is 4.92. The molecule has 2 aromatic rings. The SMILES string of the molecule is Cc1csc(=O)n1CCC(=O)NC[C@H](O)c1cccc(Cl)c1. The van der Waals surface area contributed by atoms with Gasteiger partial charge >= 0.3 is 4.87 Å². The van der Waals surface area contributed by atoms with Gasteiger partial charge in [0.2, 0.25) is 5.91 Å². The summed E-state index contributed by atoms with van der Waals surface area (Å²) in [6, 6.07) is 6.87. The molecule has 0 saturated heterocycles. The normalized spacial score (nSPS) is 12.1. The van der Waals surface area contributed by atoms with Crippen LogP contribution in [-0.4, -0.2) is 22.1 Å². The van der Waals surface area contributed by atoms with Gasteiger partial charge < -0.3 is 15.0 Å². The number of hydrogen-bond donors (Lipinski definition) is 2. The molecule has 0 saturated carbocycles. The minimum atomic E-state index is -0.812. The summed E-state index contributed by atoms with van der Waals surface area (Å²) in [7, 11) is 0. The average Bonchev–Trinajstić information content (AvgIpc) is 2.81. The maximum Gasteiger partial charge on any atom is 0.307 e. The Bertz CT molecular complexity index is 711. The Balaban J connectivity index is 1.82. The third-order valence-corrected chi connectivity index (χ3v) is 4.38. The first-order valence-corrected chi connectivity index (χ1v) is 8.08. The molecule has 0 spiro atoms. The van der Waals surface area contributed by atoms with Crippen molar-refractivity contribution in [2.45, 2.75) is 26.0 Å². The summed E-state index contributed by atoms with van der Waals surface area (Å²) < 4.78 is 1.57. The van der Waals surface area contributed by atoms with Gasteiger partial charge in [-0.2, -0.15) is 0 Å². The number of nitrogens with one attached hydrogen (secondary N) is 1. The van der Waals surface area contributed by atoms with Crippen LogP contribution in [0.1, 0.15) is 23.8 Å². The molecule has 22 heavy (non-hydrogen) atoms. The lowest BCUT2D eigenvalue weighted by molar-refractivity contribution is -0.121. The van der Waals surface area contributed by atoms with Gasteiger partial charge in [0.05, 0.1) is 6.10 Å². The van der Waals surface area contributed by atoms with Crippen LogP contribution < -0.4 is 10.2 Å². The number of benzene rings is 1. The number of carbonyl (C=O) groups is 1. The van der Waals surface area contributed by atoms with E-state index < -0.39 is 6.10 Å². The molecule has 1 heterocycles. The number of aryl methyl sites for hydroxylation is 1. The summed E-state index contributed by atoms with van der Waals surface area (Å²) in [5, 5.41) is 15.0. The van der Waals surface area contributed by atoms with E-state index in [1.165, 1.54) is 0 Å². The van der Waals surface area contributed by atoms with Crippen LogP contribution >= 0.6 is 22.9 Å². The van der Waals surface area contributed by atoms with E-state index in [9.17, 15) is 14.7 Å². The third-order valence-electron chi connectivity index (χ3n) is 3.26. The van der Waals surface area contributed by atoms with E-state index in [2.05, 4.69) is 5.32 Å². The summed E-state index contributed by atoms with van der Waals surface area (Å²) in [6.45, 7) is 2.28. The lowest BCUT2D eigenvalue weighted by Crippen LogP contribution is -2.30. The summed E-state index contributed by atoms with van der Waals surface area (Å²) >= 11 is 6.98. The number of amides is 1. The molecule has 0 fully saturated rings. The molecule has 2 rings (SSSR count). The van der Waals surface area contributed by atoms with Crippen LogP contribution in [0.3, 0.4) is 0 Å². The van der Waals surface area contributed by atoms with Crippen molar-refractivity contribution in [1.29, 1.82) is 0 Å². The minimum Gasteiger partial charge on any atom is -0.387 e. The molecule has 2 N–H and O–H groups in total. The van der Waals surface area contributed by atoms with Crippen molar-refractivity contribution in [3.8, 4) is 0 Å². The first-order chi connectivity index (χ1) is 10.5. The van der Waals surface area contributed by atoms with Crippen LogP contribution in [0, 0.1) is 6.92 Å². The number of rotatable bonds is 6. The molecule has 0 aliphatic carbocycles. The molecule has 1 amide bonds. The molecule has 5 nitrogen and oxygen atoms in total. The van der Waals surface area contributed by atoms with Gasteiger partial charge in [0, 0.05) is 35.6 Å². The lowest BCUT2D eigenvalue weighted by Gasteiger charge is -2.13. The molecular formula is C15H17ClN2O3S. The second kappa shape index (κ2) is 7.58. The van der Waals surface area contributed by atoms with E-state index in [0.717, 1.165) is 17.0 Å². The lowest BCUT2D eigenvalue weighted by atomic mass is 10.1. The molecular weight excluding hydrogens is 324 g/mol. The molecule has 0 aliphatic rings. The van der Waals surface area contributed by atoms with Crippen LogP contribution in [0.2, 0.25) is 5.02 Å². The van der Waals surface area contributed by atoms with Crippen LogP contribution in [0.5, 0.6) is 0 Å². The highest BCUT2D eigenvalue weighted by Gasteiger charge is 2.11. The fraction of sp³-hybridized carbons (Fsp3) is 0.333. The van der Waals surface area contributed by atoms with E-state index in [1.54, 1.807) is 34.2 Å². The molecule has 1 aromatic heterocycles. The highest BCUT2D eigenvalue weighted by molar-refractivity contribution is 7.07. The second-order valence-corrected chi connectivity index (χ2v) is 6.18. The van der Waals surface area contributed by atoms with Crippen LogP contribution in [-0.2, 0) is 11.3 Å². The predicted molar refractivity (Wildman–Crippen MR) is 87.4 cm³/mol. The number of aliphatic hydroxyl groups is 1. The van der Waals surface area contributed by atoms with E-state index in [4.69, 9.17) is 11.6 Å². The van der Waals surface area contributed by atoms with Gasteiger partial charge in [-0.1, -0.05) is 35.1 Å². The van der Waals surface area contributed by atoms with Gasteiger partial charge in [0.15, 0.2) is 0 Å². The van der Waals surface area contributed by atoms with Crippen LogP contribution in [0.4, 0.5) is 0 Å². The largest absolute Gasteiger partial charge is 0.387 e. The maximum atomic E-state index is 11.8. The van der Waals surface area contributed by atoms with Gasteiger partial charge in [0.25, 0.3) is 0 Å². The van der Waals surface area contributed by atoms with Crippen molar-refractivity contribution < 1.29 is 9.90 Å². The highest BCUT2D eigenvalue weighted by Crippen LogP contribution is 2.17. The number of halogens is 1. The molecule has 118 valence electrons. The van der Waals surface area contributed by atoms with Crippen molar-refractivity contribution in [3.05, 3.63) is 55.6 Å². The van der Waals surface area contributed by atoms with E-state index in [-0.39, 0.29) is 23.7 Å². The Morgan fingerprint density at radius 1 is 1.50 bits per heavy atom. The summed E-state index contributed by atoms with van der Waals surface area (Å²) in [4.78, 5) is 23.3. The molecule has 1 aromatic carbocycles. The quantitative estimate of drug-likeness (QED) is 0.846. The van der Waals surface area contributed by atoms with Gasteiger partial charge in [-0.3, -0.25) is 9.59 Å². The third kappa shape index (κ3) is 4.43. The Labute approximate surface area is 137 Å². The summed E-state index contributed by atoms with van der Waals surface area (Å²) in [6.07, 6.45) is -0.618. The maximum absolute atomic E-state index is 11.8. The minimum absolute atomic E-state index is 0.0655. The topological polar surface area (TPSA) is 71.3 Å². The predicted octanol–water partition coefficient (Wildman–Crippen LogP) is 2.11. The fourth-order valence-electron chi connectivity index (χ4n) is 2.02. The molecule has 1 atom stereocenters. The Kier molecular flexibility index (Phi) is 5.76. The zero-order valence-corrected chi connectivity index (χ0v) is 13.7. The zero-order valence-electron chi connectivity index (χ0n) is 12.1. The summed E-state index contributed by atoms with van der Waals surface area (Å²) in [5.41, 5.74) is 1.50. The molecule has 0 bridgehead atoms. The molecule has 7 heteroatoms. The average molecular weight is 341 g/mol. The van der Waals surface area contributed by atoms with Crippen molar-refractivity contribution in [1.82, 2.24) is 9.88 Å². The van der Waals surface area contributed by atoms with Crippen molar-refractivity contribution in [2.24, 2.45) is 0 Å². The number of hydrogen-bond acceptors (Lipinski definition) is 4. The first-order valence-electron chi connectivity index (χ1n) is 6.82. The van der Waals surface area contributed by atoms with Crippen LogP contribution in [0.25, 0.3) is 0 Å². The fourth-order valence-corrected chi connectivity index (χ4v) is 2.98.